The minimum atomic E-state index is -0.550. The molecule has 0 N–H and O–H groups in total. The van der Waals surface area contributed by atoms with E-state index in [4.69, 9.17) is 0 Å². The van der Waals surface area contributed by atoms with E-state index in [1.165, 1.54) is 0 Å². The summed E-state index contributed by atoms with van der Waals surface area (Å²) in [5, 5.41) is 0. The highest BCUT2D eigenvalue weighted by atomic mass is 16.2. The molecule has 5 rings (SSSR count). The number of rotatable bonds is 3. The predicted octanol–water partition coefficient (Wildman–Crippen LogP) is 5.55. The lowest BCUT2D eigenvalue weighted by molar-refractivity contribution is -0.128. The monoisotopic (exact) mass is 486 g/mol. The molecule has 2 aromatic rings. The number of aryl methyl sites for hydroxylation is 2. The first-order valence-electron chi connectivity index (χ1n) is 13.4. The summed E-state index contributed by atoms with van der Waals surface area (Å²) in [6.07, 6.45) is 3.49. The van der Waals surface area contributed by atoms with Crippen LogP contribution in [0.1, 0.15) is 83.9 Å². The van der Waals surface area contributed by atoms with Crippen molar-refractivity contribution >= 4 is 23.2 Å². The van der Waals surface area contributed by atoms with Gasteiger partial charge in [-0.05, 0) is 67.9 Å². The largest absolute Gasteiger partial charge is 0.358 e. The molecule has 5 nitrogen and oxygen atoms in total. The molecule has 3 aliphatic rings. The predicted molar refractivity (Wildman–Crippen MR) is 143 cm³/mol. The van der Waals surface area contributed by atoms with Gasteiger partial charge in [0.05, 0.1) is 0 Å². The number of hydrogen-bond donors (Lipinski definition) is 0. The molecule has 0 bridgehead atoms. The van der Waals surface area contributed by atoms with E-state index in [1.807, 2.05) is 56.9 Å². The molecule has 1 amide bonds. The number of likely N-dealkylation sites (tertiary alicyclic amines) is 1. The van der Waals surface area contributed by atoms with E-state index < -0.39 is 11.0 Å². The topological polar surface area (TPSA) is 57.7 Å². The number of carbonyl (C=O) groups excluding carboxylic acids is 3. The number of benzene rings is 2. The molecule has 5 heteroatoms. The number of nitrogens with zero attached hydrogens (tertiary/aromatic N) is 2. The van der Waals surface area contributed by atoms with Crippen LogP contribution in [0.15, 0.2) is 36.4 Å². The van der Waals surface area contributed by atoms with Crippen LogP contribution in [0.4, 0.5) is 5.69 Å². The van der Waals surface area contributed by atoms with Crippen molar-refractivity contribution in [2.45, 2.75) is 72.3 Å². The molecular weight excluding hydrogens is 448 g/mol. The maximum atomic E-state index is 13.9. The molecule has 36 heavy (non-hydrogen) atoms. The van der Waals surface area contributed by atoms with Gasteiger partial charge in [-0.2, -0.15) is 0 Å². The highest BCUT2D eigenvalue weighted by Crippen LogP contribution is 2.43. The SMILES string of the molecule is CCC1CC(=O)C2(CCN(C(=O)c3c(C)cc(C)c4c3CC(C)(C)C4=O)CC2)N(c2ccccc2)C1. The second-order valence-electron chi connectivity index (χ2n) is 11.8. The van der Waals surface area contributed by atoms with Crippen LogP contribution in [0.2, 0.25) is 0 Å². The molecule has 2 saturated heterocycles. The highest BCUT2D eigenvalue weighted by Gasteiger charge is 2.50. The molecule has 2 fully saturated rings. The second-order valence-corrected chi connectivity index (χ2v) is 11.8. The van der Waals surface area contributed by atoms with Crippen molar-refractivity contribution in [3.8, 4) is 0 Å². The average Bonchev–Trinajstić information content (AvgIpc) is 3.10. The molecule has 190 valence electrons. The minimum Gasteiger partial charge on any atom is -0.358 e. The van der Waals surface area contributed by atoms with Crippen molar-refractivity contribution in [2.75, 3.05) is 24.5 Å². The van der Waals surface area contributed by atoms with Gasteiger partial charge in [-0.25, -0.2) is 0 Å². The summed E-state index contributed by atoms with van der Waals surface area (Å²) >= 11 is 0. The first-order chi connectivity index (χ1) is 17.1. The maximum absolute atomic E-state index is 13.9. The van der Waals surface area contributed by atoms with Crippen molar-refractivity contribution in [1.82, 2.24) is 4.90 Å². The van der Waals surface area contributed by atoms with Gasteiger partial charge in [0.15, 0.2) is 11.6 Å². The fourth-order valence-corrected chi connectivity index (χ4v) is 6.84. The van der Waals surface area contributed by atoms with E-state index in [1.54, 1.807) is 0 Å². The van der Waals surface area contributed by atoms with Gasteiger partial charge in [0.1, 0.15) is 5.54 Å². The van der Waals surface area contributed by atoms with Crippen LogP contribution < -0.4 is 4.90 Å². The lowest BCUT2D eigenvalue weighted by atomic mass is 9.73. The van der Waals surface area contributed by atoms with Crippen LogP contribution in [-0.2, 0) is 11.2 Å². The Morgan fingerprint density at radius 2 is 1.69 bits per heavy atom. The van der Waals surface area contributed by atoms with Crippen molar-refractivity contribution < 1.29 is 14.4 Å². The molecule has 2 aromatic carbocycles. The van der Waals surface area contributed by atoms with Crippen molar-refractivity contribution in [1.29, 1.82) is 0 Å². The number of anilines is 1. The standard InChI is InChI=1S/C31H38N2O3/c1-6-22-17-25(34)31(33(19-22)23-10-8-7-9-11-23)12-14-32(15-13-31)29(36)27-21(3)16-20(2)26-24(27)18-30(4,5)28(26)35/h7-11,16,22H,6,12-15,17-19H2,1-5H3. The second kappa shape index (κ2) is 8.86. The molecular formula is C31H38N2O3. The van der Waals surface area contributed by atoms with Crippen LogP contribution in [0, 0.1) is 25.2 Å². The maximum Gasteiger partial charge on any atom is 0.254 e. The van der Waals surface area contributed by atoms with E-state index in [0.29, 0.717) is 56.0 Å². The molecule has 0 radical (unpaired) electrons. The third-order valence-electron chi connectivity index (χ3n) is 8.97. The van der Waals surface area contributed by atoms with Crippen molar-refractivity contribution in [2.24, 2.45) is 11.3 Å². The van der Waals surface area contributed by atoms with Crippen LogP contribution in [-0.4, -0.2) is 47.5 Å². The minimum absolute atomic E-state index is 0.00468. The Bertz CT molecular complexity index is 1220. The van der Waals surface area contributed by atoms with Gasteiger partial charge in [-0.3, -0.25) is 14.4 Å². The lowest BCUT2D eigenvalue weighted by Crippen LogP contribution is -2.65. The summed E-state index contributed by atoms with van der Waals surface area (Å²) in [6.45, 7) is 12.0. The zero-order chi connectivity index (χ0) is 25.8. The normalized spacial score (nSPS) is 22.8. The van der Waals surface area contributed by atoms with Crippen LogP contribution >= 0.6 is 0 Å². The quantitative estimate of drug-likeness (QED) is 0.571. The molecule has 2 heterocycles. The number of amides is 1. The fourth-order valence-electron chi connectivity index (χ4n) is 6.84. The number of piperidine rings is 2. The smallest absolute Gasteiger partial charge is 0.254 e. The highest BCUT2D eigenvalue weighted by molar-refractivity contribution is 6.10. The molecule has 1 atom stereocenters. The Morgan fingerprint density at radius 3 is 2.33 bits per heavy atom. The molecule has 1 aliphatic carbocycles. The van der Waals surface area contributed by atoms with Gasteiger partial charge in [0.2, 0.25) is 0 Å². The number of para-hydroxylation sites is 1. The number of fused-ring (bicyclic) bond motifs is 1. The van der Waals surface area contributed by atoms with Gasteiger partial charge >= 0.3 is 0 Å². The van der Waals surface area contributed by atoms with Gasteiger partial charge in [-0.1, -0.05) is 51.5 Å². The summed E-state index contributed by atoms with van der Waals surface area (Å²) in [7, 11) is 0. The first kappa shape index (κ1) is 24.7. The summed E-state index contributed by atoms with van der Waals surface area (Å²) in [5.74, 6) is 0.821. The van der Waals surface area contributed by atoms with Crippen LogP contribution in [0.25, 0.3) is 0 Å². The van der Waals surface area contributed by atoms with E-state index in [-0.39, 0.29) is 11.7 Å². The Morgan fingerprint density at radius 1 is 1.03 bits per heavy atom. The number of ketones is 2. The Hall–Kier alpha value is -2.95. The number of carbonyl (C=O) groups is 3. The molecule has 0 saturated carbocycles. The van der Waals surface area contributed by atoms with Gasteiger partial charge in [0, 0.05) is 48.3 Å². The summed E-state index contributed by atoms with van der Waals surface area (Å²) < 4.78 is 0. The van der Waals surface area contributed by atoms with E-state index in [0.717, 1.165) is 40.9 Å². The van der Waals surface area contributed by atoms with E-state index in [9.17, 15) is 14.4 Å². The van der Waals surface area contributed by atoms with Gasteiger partial charge in [0.25, 0.3) is 5.91 Å². The molecule has 2 aliphatic heterocycles. The molecule has 0 aromatic heterocycles. The lowest BCUT2D eigenvalue weighted by Gasteiger charge is -2.53. The fraction of sp³-hybridized carbons (Fsp3) is 0.516. The average molecular weight is 487 g/mol. The zero-order valence-corrected chi connectivity index (χ0v) is 22.3. The van der Waals surface area contributed by atoms with Crippen LogP contribution in [0.3, 0.4) is 0 Å². The molecule has 1 spiro atoms. The van der Waals surface area contributed by atoms with Gasteiger partial charge in [-0.15, -0.1) is 0 Å². The van der Waals surface area contributed by atoms with Gasteiger partial charge < -0.3 is 9.80 Å². The Labute approximate surface area is 214 Å². The number of hydrogen-bond acceptors (Lipinski definition) is 4. The van der Waals surface area contributed by atoms with Crippen LogP contribution in [0.5, 0.6) is 0 Å². The Balaban J connectivity index is 1.44. The van der Waals surface area contributed by atoms with E-state index >= 15 is 0 Å². The summed E-state index contributed by atoms with van der Waals surface area (Å²) in [6, 6.07) is 12.3. The van der Waals surface area contributed by atoms with Crippen molar-refractivity contribution in [3.63, 3.8) is 0 Å². The third-order valence-corrected chi connectivity index (χ3v) is 8.97. The first-order valence-corrected chi connectivity index (χ1v) is 13.4. The Kier molecular flexibility index (Phi) is 6.09. The van der Waals surface area contributed by atoms with Crippen molar-refractivity contribution in [3.05, 3.63) is 64.2 Å². The number of Topliss-reactive ketones (excluding diaryl/α,β-unsaturated/α-hetero) is 2. The summed E-state index contributed by atoms with van der Waals surface area (Å²) in [4.78, 5) is 44.9. The third kappa shape index (κ3) is 3.79. The zero-order valence-electron chi connectivity index (χ0n) is 22.3. The summed E-state index contributed by atoms with van der Waals surface area (Å²) in [5.41, 5.74) is 4.32. The molecule has 1 unspecified atom stereocenters. The van der Waals surface area contributed by atoms with E-state index in [2.05, 4.69) is 24.0 Å².